The van der Waals surface area contributed by atoms with E-state index in [1.807, 2.05) is 13.8 Å². The molecule has 40 heavy (non-hydrogen) atoms. The maximum Gasteiger partial charge on any atom is 0.333 e. The number of nitrogens with one attached hydrogen (secondary N) is 1. The van der Waals surface area contributed by atoms with Crippen molar-refractivity contribution in [2.45, 2.75) is 109 Å². The predicted molar refractivity (Wildman–Crippen MR) is 132 cm³/mol. The van der Waals surface area contributed by atoms with Crippen LogP contribution in [0.2, 0.25) is 0 Å². The van der Waals surface area contributed by atoms with Gasteiger partial charge in [-0.2, -0.15) is 0 Å². The Balaban J connectivity index is 1.06. The van der Waals surface area contributed by atoms with Crippen LogP contribution in [0.3, 0.4) is 0 Å². The number of fused-ring (bicyclic) bond motifs is 2. The minimum absolute atomic E-state index is 0.0181. The summed E-state index contributed by atoms with van der Waals surface area (Å²) in [5, 5.41) is 3.12. The number of nitrogens with zero attached hydrogens (tertiary/aromatic N) is 1. The van der Waals surface area contributed by atoms with Crippen molar-refractivity contribution < 1.29 is 52.8 Å². The first kappa shape index (κ1) is 28.9. The van der Waals surface area contributed by atoms with Crippen molar-refractivity contribution in [3.8, 4) is 0 Å². The largest absolute Gasteiger partial charge is 0.435 e. The molecule has 13 heteroatoms. The summed E-state index contributed by atoms with van der Waals surface area (Å²) >= 11 is 0. The van der Waals surface area contributed by atoms with Gasteiger partial charge in [0.15, 0.2) is 11.9 Å². The van der Waals surface area contributed by atoms with E-state index >= 15 is 0 Å². The SMILES string of the molecule is C[C@@H]1[C@@H](OC(=O)CCC(=O)NCCCC(=O)ON2C(=O)CCC2=O)O[C@H]2O[C@@]3(C)CC[C@H]4[C@H](C)CC[C@H]1[C@@]24OO3. The van der Waals surface area contributed by atoms with Crippen molar-refractivity contribution in [1.82, 2.24) is 10.4 Å². The third kappa shape index (κ3) is 5.48. The fourth-order valence-electron chi connectivity index (χ4n) is 6.76. The maximum atomic E-state index is 12.7. The zero-order valence-corrected chi connectivity index (χ0v) is 23.2. The molecule has 5 heterocycles. The molecule has 1 N–H and O–H groups in total. The number of hydrogen-bond acceptors (Lipinski definition) is 11. The van der Waals surface area contributed by atoms with Crippen LogP contribution in [-0.4, -0.2) is 65.2 Å². The Hall–Kier alpha value is -2.61. The summed E-state index contributed by atoms with van der Waals surface area (Å²) in [4.78, 5) is 76.4. The van der Waals surface area contributed by atoms with Gasteiger partial charge < -0.3 is 24.4 Å². The van der Waals surface area contributed by atoms with Gasteiger partial charge in [-0.05, 0) is 44.4 Å². The van der Waals surface area contributed by atoms with Gasteiger partial charge in [0.05, 0.1) is 6.42 Å². The van der Waals surface area contributed by atoms with Gasteiger partial charge in [-0.15, -0.1) is 5.06 Å². The Morgan fingerprint density at radius 3 is 2.48 bits per heavy atom. The minimum Gasteiger partial charge on any atom is -0.435 e. The van der Waals surface area contributed by atoms with Gasteiger partial charge in [-0.25, -0.2) is 14.6 Å². The number of carbonyl (C=O) groups excluding carboxylic acids is 5. The Morgan fingerprint density at radius 1 is 0.975 bits per heavy atom. The maximum absolute atomic E-state index is 12.7. The van der Waals surface area contributed by atoms with Crippen LogP contribution in [0.4, 0.5) is 0 Å². The number of imide groups is 1. The molecule has 6 aliphatic rings. The van der Waals surface area contributed by atoms with E-state index in [-0.39, 0.29) is 68.7 Å². The molecule has 13 nitrogen and oxygen atoms in total. The Kier molecular flexibility index (Phi) is 8.20. The molecule has 1 aliphatic carbocycles. The van der Waals surface area contributed by atoms with Gasteiger partial charge in [0.1, 0.15) is 0 Å². The summed E-state index contributed by atoms with van der Waals surface area (Å²) in [6.07, 6.45) is 1.89. The highest BCUT2D eigenvalue weighted by molar-refractivity contribution is 6.01. The number of carbonyl (C=O) groups is 5. The highest BCUT2D eigenvalue weighted by atomic mass is 17.3. The third-order valence-electron chi connectivity index (χ3n) is 8.98. The molecule has 8 atom stereocenters. The van der Waals surface area contributed by atoms with E-state index in [0.29, 0.717) is 17.4 Å². The van der Waals surface area contributed by atoms with Crippen molar-refractivity contribution in [2.75, 3.05) is 6.54 Å². The molecule has 5 aliphatic heterocycles. The van der Waals surface area contributed by atoms with E-state index in [1.54, 1.807) is 0 Å². The average Bonchev–Trinajstić information content (AvgIpc) is 3.07. The molecule has 0 unspecified atom stereocenters. The summed E-state index contributed by atoms with van der Waals surface area (Å²) in [7, 11) is 0. The first-order chi connectivity index (χ1) is 19.0. The van der Waals surface area contributed by atoms with Crippen LogP contribution in [0, 0.1) is 23.7 Å². The lowest BCUT2D eigenvalue weighted by Gasteiger charge is -2.59. The molecule has 1 saturated carbocycles. The molecule has 0 radical (unpaired) electrons. The number of esters is 1. The summed E-state index contributed by atoms with van der Waals surface area (Å²) in [6.45, 7) is 6.20. The molecule has 1 spiro atoms. The van der Waals surface area contributed by atoms with E-state index in [0.717, 1.165) is 19.3 Å². The van der Waals surface area contributed by atoms with Crippen molar-refractivity contribution in [1.29, 1.82) is 0 Å². The molecule has 0 aromatic heterocycles. The van der Waals surface area contributed by atoms with Crippen LogP contribution in [0.15, 0.2) is 0 Å². The Morgan fingerprint density at radius 2 is 1.73 bits per heavy atom. The quantitative estimate of drug-likeness (QED) is 0.188. The molecule has 3 amide bonds. The monoisotopic (exact) mass is 566 g/mol. The highest BCUT2D eigenvalue weighted by Gasteiger charge is 2.69. The Labute approximate surface area is 232 Å². The van der Waals surface area contributed by atoms with Gasteiger partial charge in [0, 0.05) is 50.5 Å². The number of rotatable bonds is 9. The normalized spacial score (nSPS) is 38.4. The fourth-order valence-corrected chi connectivity index (χ4v) is 6.76. The topological polar surface area (TPSA) is 156 Å². The van der Waals surface area contributed by atoms with Crippen molar-refractivity contribution in [3.05, 3.63) is 0 Å². The standard InChI is InChI=1S/C27H38N2O11/c1-15-6-7-18-16(2)24(36-25-27(18)17(15)12-13-26(3,37-25)39-40-27)35-22(33)11-8-19(30)28-14-4-5-23(34)38-29-20(31)9-10-21(29)32/h15-18,24-25H,4-14H2,1-3H3,(H,28,30)/t15-,16+,17+,18-,24+,25+,26-,27-/m1/s1. The average molecular weight is 567 g/mol. The van der Waals surface area contributed by atoms with E-state index in [4.69, 9.17) is 28.8 Å². The summed E-state index contributed by atoms with van der Waals surface area (Å²) in [6, 6.07) is 0. The van der Waals surface area contributed by atoms with Crippen LogP contribution in [0.25, 0.3) is 0 Å². The lowest BCUT2D eigenvalue weighted by molar-refractivity contribution is -0.576. The van der Waals surface area contributed by atoms with Gasteiger partial charge in [-0.1, -0.05) is 13.8 Å². The molecule has 0 aromatic carbocycles. The molecule has 6 fully saturated rings. The van der Waals surface area contributed by atoms with Crippen molar-refractivity contribution >= 4 is 29.7 Å². The number of hydroxylamine groups is 2. The number of hydrogen-bond donors (Lipinski definition) is 1. The van der Waals surface area contributed by atoms with Gasteiger partial charge in [-0.3, -0.25) is 19.2 Å². The molecule has 0 aromatic rings. The van der Waals surface area contributed by atoms with Crippen LogP contribution in [-0.2, 0) is 52.8 Å². The highest BCUT2D eigenvalue weighted by Crippen LogP contribution is 2.60. The third-order valence-corrected chi connectivity index (χ3v) is 8.98. The molecule has 6 rings (SSSR count). The summed E-state index contributed by atoms with van der Waals surface area (Å²) in [5.41, 5.74) is -0.748. The van der Waals surface area contributed by atoms with Crippen LogP contribution < -0.4 is 5.32 Å². The number of amides is 3. The molecule has 222 valence electrons. The fraction of sp³-hybridized carbons (Fsp3) is 0.815. The zero-order valence-electron chi connectivity index (χ0n) is 23.2. The smallest absolute Gasteiger partial charge is 0.333 e. The van der Waals surface area contributed by atoms with E-state index in [1.165, 1.54) is 0 Å². The number of ether oxygens (including phenoxy) is 3. The zero-order chi connectivity index (χ0) is 28.7. The Bertz CT molecular complexity index is 1040. The van der Waals surface area contributed by atoms with Gasteiger partial charge in [0.2, 0.25) is 18.0 Å². The molecule has 5 saturated heterocycles. The second-order valence-corrected chi connectivity index (χ2v) is 11.8. The second kappa shape index (κ2) is 11.3. The van der Waals surface area contributed by atoms with Crippen molar-refractivity contribution in [3.63, 3.8) is 0 Å². The predicted octanol–water partition coefficient (Wildman–Crippen LogP) is 2.02. The van der Waals surface area contributed by atoms with Crippen molar-refractivity contribution in [2.24, 2.45) is 23.7 Å². The van der Waals surface area contributed by atoms with Crippen LogP contribution in [0.1, 0.15) is 85.0 Å². The second-order valence-electron chi connectivity index (χ2n) is 11.8. The first-order valence-corrected chi connectivity index (χ1v) is 14.3. The van der Waals surface area contributed by atoms with E-state index in [2.05, 4.69) is 12.2 Å². The van der Waals surface area contributed by atoms with E-state index in [9.17, 15) is 24.0 Å². The summed E-state index contributed by atoms with van der Waals surface area (Å²) < 4.78 is 18.2. The minimum atomic E-state index is -0.926. The van der Waals surface area contributed by atoms with Crippen LogP contribution in [0.5, 0.6) is 0 Å². The first-order valence-electron chi connectivity index (χ1n) is 14.3. The van der Waals surface area contributed by atoms with Gasteiger partial charge in [0.25, 0.3) is 11.8 Å². The molecule has 2 bridgehead atoms. The molecular formula is C27H38N2O11. The lowest BCUT2D eigenvalue weighted by atomic mass is 9.58. The van der Waals surface area contributed by atoms with E-state index < -0.39 is 47.7 Å². The van der Waals surface area contributed by atoms with Crippen LogP contribution >= 0.6 is 0 Å². The lowest BCUT2D eigenvalue weighted by Crippen LogP contribution is -2.70. The molecular weight excluding hydrogens is 528 g/mol. The van der Waals surface area contributed by atoms with Gasteiger partial charge >= 0.3 is 11.9 Å². The summed E-state index contributed by atoms with van der Waals surface area (Å²) in [5.74, 6) is -3.21.